The minimum Gasteiger partial charge on any atom is -0.461 e. The second kappa shape index (κ2) is 23.6. The van der Waals surface area contributed by atoms with Crippen molar-refractivity contribution in [2.75, 3.05) is 13.2 Å². The third-order valence-electron chi connectivity index (χ3n) is 40.2. The highest BCUT2D eigenvalue weighted by Crippen LogP contribution is 2.80. The molecule has 0 bridgehead atoms. The first kappa shape index (κ1) is 76.9. The van der Waals surface area contributed by atoms with Crippen molar-refractivity contribution < 1.29 is 58.3 Å². The molecule has 0 spiro atoms. The molecule has 3 N–H and O–H groups in total. The SMILES string of the molecule is CC1(C)[C@@H](O)CC[C@]2(C)[C@H]3C(=O)C=C4[C@@H]5C[C@@](C)(C(=O)OCC(COC(=O)[C@@]6(C)CC[C@]7(C)CC[C@]8(C)C(=CC(=O)[C@@H]9[C@@]%10(C)CC[C@H](O)C(C)(C)[C@@H]%10CC[C@]98C)[C@@H]7C6)OC(=O)[C@@]6(C)CC[C@]7(C)CC[C@]8(C)C(=CC(=O)[C@@H]9[C@@]%10(C)CC[C@H](O)C(C)(C)[C@@H]%10CC[C@]98C)[C@@H]7C6)CC[C@]5(C)CC[C@@]4(C)[C@]3(C)CC[C@@H]12. The summed E-state index contributed by atoms with van der Waals surface area (Å²) < 4.78 is 20.1. The van der Waals surface area contributed by atoms with Crippen LogP contribution in [0.25, 0.3) is 0 Å². The van der Waals surface area contributed by atoms with Gasteiger partial charge in [-0.05, 0) is 329 Å². The van der Waals surface area contributed by atoms with Gasteiger partial charge < -0.3 is 29.5 Å². The fourth-order valence-electron chi connectivity index (χ4n) is 32.2. The van der Waals surface area contributed by atoms with Crippen molar-refractivity contribution in [2.24, 2.45) is 151 Å². The molecule has 15 aliphatic carbocycles. The van der Waals surface area contributed by atoms with E-state index in [0.717, 1.165) is 116 Å². The van der Waals surface area contributed by atoms with Crippen molar-refractivity contribution in [2.45, 2.75) is 343 Å². The Morgan fingerprint density at radius 3 is 0.886 bits per heavy atom. The number of carbonyl (C=O) groups is 6. The Hall–Kier alpha value is -3.48. The number of ketones is 3. The average Bonchev–Trinajstić information content (AvgIpc) is 0.683. The van der Waals surface area contributed by atoms with Gasteiger partial charge in [-0.25, -0.2) is 0 Å². The second-order valence-electron chi connectivity index (χ2n) is 46.1. The van der Waals surface area contributed by atoms with Crippen LogP contribution >= 0.6 is 0 Å². The van der Waals surface area contributed by atoms with Crippen LogP contribution in [-0.2, 0) is 43.0 Å². The quantitative estimate of drug-likeness (QED) is 0.154. The molecule has 0 unspecified atom stereocenters. The summed E-state index contributed by atoms with van der Waals surface area (Å²) in [5.41, 5.74) is -3.07. The van der Waals surface area contributed by atoms with E-state index in [-0.39, 0.29) is 177 Å². The zero-order valence-electron chi connectivity index (χ0n) is 69.3. The minimum atomic E-state index is -1.13. The highest BCUT2D eigenvalue weighted by atomic mass is 16.6. The van der Waals surface area contributed by atoms with Gasteiger partial charge in [0, 0.05) is 17.8 Å². The Kier molecular flexibility index (Phi) is 17.3. The van der Waals surface area contributed by atoms with Crippen molar-refractivity contribution in [1.29, 1.82) is 0 Å². The lowest BCUT2D eigenvalue weighted by Crippen LogP contribution is -2.66. The molecule has 0 aromatic carbocycles. The molecule has 12 fully saturated rings. The van der Waals surface area contributed by atoms with Gasteiger partial charge in [0.15, 0.2) is 23.5 Å². The number of fused-ring (bicyclic) bond motifs is 21. The van der Waals surface area contributed by atoms with Crippen molar-refractivity contribution in [3.63, 3.8) is 0 Å². The molecule has 0 saturated heterocycles. The number of aliphatic hydroxyl groups excluding tert-OH is 3. The van der Waals surface area contributed by atoms with Gasteiger partial charge in [0.25, 0.3) is 0 Å². The number of hydrogen-bond acceptors (Lipinski definition) is 12. The van der Waals surface area contributed by atoms with E-state index in [1.165, 1.54) is 16.7 Å². The molecular formula is C93H140O12. The molecule has 105 heavy (non-hydrogen) atoms. The topological polar surface area (TPSA) is 191 Å². The minimum absolute atomic E-state index is 0.0355. The van der Waals surface area contributed by atoms with Gasteiger partial charge in [-0.2, -0.15) is 0 Å². The number of hydrogen-bond donors (Lipinski definition) is 3. The summed E-state index contributed by atoms with van der Waals surface area (Å²) in [6.07, 6.45) is 25.6. The summed E-state index contributed by atoms with van der Waals surface area (Å²) >= 11 is 0. The Balaban J connectivity index is 0.709. The third kappa shape index (κ3) is 10.1. The van der Waals surface area contributed by atoms with Gasteiger partial charge in [-0.1, -0.05) is 141 Å². The number of aliphatic hydroxyl groups is 3. The van der Waals surface area contributed by atoms with Crippen molar-refractivity contribution in [3.05, 3.63) is 34.9 Å². The molecule has 0 aromatic heterocycles. The normalized spacial score (nSPS) is 53.2. The first-order valence-electron chi connectivity index (χ1n) is 42.8. The summed E-state index contributed by atoms with van der Waals surface area (Å²) in [7, 11) is 0. The van der Waals surface area contributed by atoms with Crippen LogP contribution in [0.3, 0.4) is 0 Å². The first-order chi connectivity index (χ1) is 48.4. The molecule has 0 aliphatic heterocycles. The van der Waals surface area contributed by atoms with Gasteiger partial charge in [0.2, 0.25) is 0 Å². The molecule has 15 aliphatic rings. The van der Waals surface area contributed by atoms with E-state index >= 15 is 28.8 Å². The predicted molar refractivity (Wildman–Crippen MR) is 408 cm³/mol. The Labute approximate surface area is 632 Å². The van der Waals surface area contributed by atoms with Crippen LogP contribution in [0.2, 0.25) is 0 Å². The Morgan fingerprint density at radius 2 is 0.610 bits per heavy atom. The Morgan fingerprint density at radius 1 is 0.352 bits per heavy atom. The van der Waals surface area contributed by atoms with Crippen LogP contribution in [0.15, 0.2) is 34.9 Å². The zero-order chi connectivity index (χ0) is 76.5. The van der Waals surface area contributed by atoms with Crippen LogP contribution in [0.4, 0.5) is 0 Å². The lowest BCUT2D eigenvalue weighted by molar-refractivity contribution is -0.204. The maximum Gasteiger partial charge on any atom is 0.312 e. The highest BCUT2D eigenvalue weighted by molar-refractivity contribution is 5.97. The van der Waals surface area contributed by atoms with Crippen molar-refractivity contribution in [3.8, 4) is 0 Å². The van der Waals surface area contributed by atoms with E-state index in [1.807, 2.05) is 26.8 Å². The number of esters is 3. The molecular weight excluding hydrogens is 1310 g/mol. The van der Waals surface area contributed by atoms with Crippen LogP contribution in [0.5, 0.6) is 0 Å². The number of ether oxygens (including phenoxy) is 3. The van der Waals surface area contributed by atoms with Crippen LogP contribution in [-0.4, -0.2) is 88.2 Å². The van der Waals surface area contributed by atoms with E-state index < -0.39 is 46.6 Å². The summed E-state index contributed by atoms with van der Waals surface area (Å²) in [4.78, 5) is 93.0. The molecule has 0 amide bonds. The summed E-state index contributed by atoms with van der Waals surface area (Å²) in [5, 5.41) is 34.2. The van der Waals surface area contributed by atoms with Gasteiger partial charge >= 0.3 is 17.9 Å². The standard InChI is InChI=1S/C93H140O12/c1-76(2)64-22-31-91(19)70(85(64,13)28-25-67(76)97)61(94)46-55-58-49-82(10,37-34-79(58,7)40-43-88(55,91)16)73(100)103-52-54(105-75(102)84(12)39-36-81(9)42-45-90(18)57(60(81)51-84)48-63(96)72-87(15)30-27-69(99)78(5,6)66(87)24-33-93(72,90)21)53-104-74(101)83(11)38-35-80(8)41-44-89(17)56(59(80)50-83)47-62(95)71-86(14)29-26-68(98)77(3,4)65(86)23-32-92(71,89)20/h46-48,54,58-60,64-72,97-99H,22-45,49-53H2,1-21H3/t58-,59-,60-,64-,65-,66-,67-,68-,69-,70+,71+,72+,79+,80+,81+,82-,83-,84-,85-,86-,87-,88+,89+,90+,91+,92+,93+/m0/s1. The Bertz CT molecular complexity index is 3620. The molecule has 0 aromatic rings. The highest BCUT2D eigenvalue weighted by Gasteiger charge is 2.75. The zero-order valence-corrected chi connectivity index (χ0v) is 69.3. The summed E-state index contributed by atoms with van der Waals surface area (Å²) in [6.45, 7) is 47.5. The van der Waals surface area contributed by atoms with Gasteiger partial charge in [-0.3, -0.25) is 28.8 Å². The number of rotatable bonds is 8. The van der Waals surface area contributed by atoms with Crippen LogP contribution in [0.1, 0.15) is 319 Å². The van der Waals surface area contributed by atoms with Crippen LogP contribution < -0.4 is 0 Å². The molecule has 12 saturated carbocycles. The van der Waals surface area contributed by atoms with E-state index in [1.54, 1.807) is 0 Å². The predicted octanol–water partition coefficient (Wildman–Crippen LogP) is 19.0. The van der Waals surface area contributed by atoms with E-state index in [4.69, 9.17) is 14.2 Å². The van der Waals surface area contributed by atoms with Crippen molar-refractivity contribution in [1.82, 2.24) is 0 Å². The summed E-state index contributed by atoms with van der Waals surface area (Å²) in [6, 6.07) is 0. The third-order valence-corrected chi connectivity index (χ3v) is 40.2. The first-order valence-corrected chi connectivity index (χ1v) is 42.8. The molecule has 12 nitrogen and oxygen atoms in total. The molecule has 0 radical (unpaired) electrons. The molecule has 12 heteroatoms. The smallest absolute Gasteiger partial charge is 0.312 e. The van der Waals surface area contributed by atoms with Gasteiger partial charge in [0.05, 0.1) is 34.6 Å². The maximum absolute atomic E-state index is 15.8. The van der Waals surface area contributed by atoms with Crippen molar-refractivity contribution >= 4 is 35.3 Å². The fraction of sp³-hybridized carbons (Fsp3) is 0.871. The summed E-state index contributed by atoms with van der Waals surface area (Å²) in [5.74, 6) is -0.492. The van der Waals surface area contributed by atoms with E-state index in [2.05, 4.69) is 137 Å². The average molecular weight is 1450 g/mol. The second-order valence-corrected chi connectivity index (χ2v) is 46.1. The lowest BCUT2D eigenvalue weighted by Gasteiger charge is -2.70. The monoisotopic (exact) mass is 1450 g/mol. The molecule has 27 atom stereocenters. The maximum atomic E-state index is 15.8. The van der Waals surface area contributed by atoms with Gasteiger partial charge in [0.1, 0.15) is 13.2 Å². The van der Waals surface area contributed by atoms with E-state index in [9.17, 15) is 15.3 Å². The van der Waals surface area contributed by atoms with Crippen LogP contribution in [0, 0.1) is 151 Å². The molecule has 15 rings (SSSR count). The van der Waals surface area contributed by atoms with Gasteiger partial charge in [-0.15, -0.1) is 0 Å². The fourth-order valence-corrected chi connectivity index (χ4v) is 32.2. The number of carbonyl (C=O) groups excluding carboxylic acids is 6. The molecule has 584 valence electrons. The molecule has 0 heterocycles. The lowest BCUT2D eigenvalue weighted by atomic mass is 9.33. The van der Waals surface area contributed by atoms with E-state index in [0.29, 0.717) is 57.8 Å². The number of allylic oxidation sites excluding steroid dienone is 6. The largest absolute Gasteiger partial charge is 0.461 e.